The molecule has 1 aliphatic rings. The fourth-order valence-electron chi connectivity index (χ4n) is 8.39. The van der Waals surface area contributed by atoms with Gasteiger partial charge in [-0.3, -0.25) is 0 Å². The first-order valence-electron chi connectivity index (χ1n) is 19.0. The van der Waals surface area contributed by atoms with Gasteiger partial charge in [-0.25, -0.2) is 4.99 Å². The first-order valence-corrected chi connectivity index (χ1v) is 19.0. The Hall–Kier alpha value is -7.03. The summed E-state index contributed by atoms with van der Waals surface area (Å²) in [6.07, 6.45) is 2.30. The minimum atomic E-state index is -0.569. The van der Waals surface area contributed by atoms with Gasteiger partial charge in [-0.2, -0.15) is 0 Å². The number of nitrogens with zero attached hydrogens (tertiary/aromatic N) is 1. The molecule has 9 aromatic carbocycles. The Bertz CT molecular complexity index is 2920. The van der Waals surface area contributed by atoms with Crippen LogP contribution in [0.5, 0.6) is 0 Å². The van der Waals surface area contributed by atoms with E-state index in [2.05, 4.69) is 219 Å². The zero-order chi connectivity index (χ0) is 36.8. The highest BCUT2D eigenvalue weighted by atomic mass is 15.1. The Morgan fingerprint density at radius 1 is 0.364 bits per heavy atom. The van der Waals surface area contributed by atoms with Gasteiger partial charge in [0.05, 0.1) is 11.2 Å². The average molecular weight is 703 g/mol. The molecule has 0 radical (unpaired) electrons. The monoisotopic (exact) mass is 702 g/mol. The van der Waals surface area contributed by atoms with E-state index in [-0.39, 0.29) is 0 Å². The van der Waals surface area contributed by atoms with Crippen LogP contribution in [-0.4, -0.2) is 5.84 Å². The molecule has 0 saturated heterocycles. The topological polar surface area (TPSA) is 24.4 Å². The second-order valence-corrected chi connectivity index (χ2v) is 14.6. The second-order valence-electron chi connectivity index (χ2n) is 14.6. The van der Waals surface area contributed by atoms with Crippen molar-refractivity contribution in [3.05, 3.63) is 223 Å². The number of hydrogen-bond donors (Lipinski definition) is 1. The summed E-state index contributed by atoms with van der Waals surface area (Å²) in [6.45, 7) is 2.27. The Labute approximate surface area is 321 Å². The van der Waals surface area contributed by atoms with Crippen LogP contribution in [0, 0.1) is 0 Å². The van der Waals surface area contributed by atoms with Gasteiger partial charge in [0.25, 0.3) is 0 Å². The molecule has 260 valence electrons. The van der Waals surface area contributed by atoms with E-state index < -0.39 is 5.54 Å². The Kier molecular flexibility index (Phi) is 7.96. The van der Waals surface area contributed by atoms with Gasteiger partial charge in [0.15, 0.2) is 0 Å². The Balaban J connectivity index is 1.09. The average Bonchev–Trinajstić information content (AvgIpc) is 3.27. The van der Waals surface area contributed by atoms with Crippen molar-refractivity contribution < 1.29 is 0 Å². The van der Waals surface area contributed by atoms with Crippen LogP contribution in [0.3, 0.4) is 0 Å². The summed E-state index contributed by atoms with van der Waals surface area (Å²) in [5, 5.41) is 11.6. The molecule has 1 unspecified atom stereocenters. The summed E-state index contributed by atoms with van der Waals surface area (Å²) in [6, 6.07) is 72.0. The number of benzene rings is 9. The Morgan fingerprint density at radius 2 is 0.836 bits per heavy atom. The molecule has 2 nitrogen and oxygen atoms in total. The minimum absolute atomic E-state index is 0.569. The van der Waals surface area contributed by atoms with E-state index >= 15 is 0 Å². The highest BCUT2D eigenvalue weighted by Crippen LogP contribution is 2.41. The third kappa shape index (κ3) is 5.89. The molecule has 0 aromatic heterocycles. The van der Waals surface area contributed by atoms with Crippen LogP contribution >= 0.6 is 0 Å². The molecule has 0 bridgehead atoms. The minimum Gasteiger partial charge on any atom is -0.357 e. The number of hydrogen-bond acceptors (Lipinski definition) is 2. The number of aliphatic imine (C=N–C) groups is 1. The maximum Gasteiger partial charge on any atom is 0.134 e. The summed E-state index contributed by atoms with van der Waals surface area (Å²) in [7, 11) is 0. The summed E-state index contributed by atoms with van der Waals surface area (Å²) >= 11 is 0. The lowest BCUT2D eigenvalue weighted by atomic mass is 9.82. The quantitative estimate of drug-likeness (QED) is 0.171. The molecule has 0 aliphatic carbocycles. The molecule has 1 atom stereocenters. The van der Waals surface area contributed by atoms with Gasteiger partial charge >= 0.3 is 0 Å². The van der Waals surface area contributed by atoms with Crippen molar-refractivity contribution in [2.24, 2.45) is 4.99 Å². The van der Waals surface area contributed by atoms with Gasteiger partial charge in [-0.15, -0.1) is 0 Å². The predicted octanol–water partition coefficient (Wildman–Crippen LogP) is 13.5. The van der Waals surface area contributed by atoms with Crippen molar-refractivity contribution in [1.82, 2.24) is 5.32 Å². The van der Waals surface area contributed by atoms with Crippen molar-refractivity contribution in [2.75, 3.05) is 0 Å². The summed E-state index contributed by atoms with van der Waals surface area (Å²) in [5.74, 6) is 0.852. The molecule has 1 heterocycles. The lowest BCUT2D eigenvalue weighted by Gasteiger charge is -2.35. The van der Waals surface area contributed by atoms with E-state index in [0.717, 1.165) is 22.7 Å². The predicted molar refractivity (Wildman–Crippen MR) is 233 cm³/mol. The SMILES string of the molecule is CC1(c2ccccc2-c2cccc(-c3ccc4c5ccccc5c5ccccc5c4c3)c2)C=C(c2cccc(-c3ccccc3)c2)N=C(c2ccccc2)N1. The van der Waals surface area contributed by atoms with Gasteiger partial charge in [0.1, 0.15) is 5.84 Å². The molecule has 0 fully saturated rings. The Morgan fingerprint density at radius 3 is 1.53 bits per heavy atom. The summed E-state index contributed by atoms with van der Waals surface area (Å²) in [4.78, 5) is 5.27. The smallest absolute Gasteiger partial charge is 0.134 e. The van der Waals surface area contributed by atoms with Gasteiger partial charge in [-0.1, -0.05) is 182 Å². The van der Waals surface area contributed by atoms with Crippen LogP contribution in [-0.2, 0) is 5.54 Å². The fourth-order valence-corrected chi connectivity index (χ4v) is 8.39. The van der Waals surface area contributed by atoms with Crippen molar-refractivity contribution in [1.29, 1.82) is 0 Å². The number of fused-ring (bicyclic) bond motifs is 6. The molecule has 0 amide bonds. The number of amidine groups is 1. The molecule has 1 N–H and O–H groups in total. The van der Waals surface area contributed by atoms with Crippen LogP contribution in [0.15, 0.2) is 211 Å². The molecule has 55 heavy (non-hydrogen) atoms. The van der Waals surface area contributed by atoms with Crippen LogP contribution in [0.4, 0.5) is 0 Å². The van der Waals surface area contributed by atoms with E-state index in [1.165, 1.54) is 71.3 Å². The van der Waals surface area contributed by atoms with Gasteiger partial charge < -0.3 is 5.32 Å². The van der Waals surface area contributed by atoms with E-state index in [1.54, 1.807) is 0 Å². The maximum absolute atomic E-state index is 5.27. The van der Waals surface area contributed by atoms with Crippen LogP contribution in [0.2, 0.25) is 0 Å². The van der Waals surface area contributed by atoms with Crippen LogP contribution in [0.1, 0.15) is 23.6 Å². The second kappa shape index (κ2) is 13.4. The third-order valence-corrected chi connectivity index (χ3v) is 11.1. The largest absolute Gasteiger partial charge is 0.357 e. The van der Waals surface area contributed by atoms with Gasteiger partial charge in [0.2, 0.25) is 0 Å². The van der Waals surface area contributed by atoms with E-state index in [4.69, 9.17) is 4.99 Å². The number of rotatable bonds is 6. The van der Waals surface area contributed by atoms with Crippen molar-refractivity contribution in [3.8, 4) is 33.4 Å². The molecular weight excluding hydrogens is 665 g/mol. The normalized spacial score (nSPS) is 15.4. The maximum atomic E-state index is 5.27. The van der Waals surface area contributed by atoms with Crippen molar-refractivity contribution in [3.63, 3.8) is 0 Å². The molecule has 2 heteroatoms. The molecular formula is C53H38N2. The van der Waals surface area contributed by atoms with Crippen molar-refractivity contribution >= 4 is 43.9 Å². The first-order chi connectivity index (χ1) is 27.1. The van der Waals surface area contributed by atoms with Gasteiger partial charge in [0, 0.05) is 11.1 Å². The van der Waals surface area contributed by atoms with Crippen LogP contribution < -0.4 is 5.32 Å². The molecule has 1 aliphatic heterocycles. The zero-order valence-corrected chi connectivity index (χ0v) is 30.6. The van der Waals surface area contributed by atoms with Crippen molar-refractivity contribution in [2.45, 2.75) is 12.5 Å². The lowest BCUT2D eigenvalue weighted by Crippen LogP contribution is -2.45. The standard InChI is InChI=1S/C53H38N2/c1-53(35-51(54-52(55-53)37-18-6-3-7-19-37)42-23-15-20-38(33-42)36-16-4-2-5-17-36)50-29-13-12-24-43(50)41-22-14-21-39(32-41)40-30-31-48-46-27-9-8-25-44(46)45-26-10-11-28-47(45)49(48)34-40/h2-35H,1H3,(H,54,55). The van der Waals surface area contributed by atoms with Crippen LogP contribution in [0.25, 0.3) is 71.4 Å². The highest BCUT2D eigenvalue weighted by molar-refractivity contribution is 6.25. The molecule has 10 rings (SSSR count). The molecule has 0 spiro atoms. The number of nitrogens with one attached hydrogen (secondary N) is 1. The fraction of sp³-hybridized carbons (Fsp3) is 0.0377. The summed E-state index contributed by atoms with van der Waals surface area (Å²) < 4.78 is 0. The van der Waals surface area contributed by atoms with E-state index in [9.17, 15) is 0 Å². The molecule has 9 aromatic rings. The van der Waals surface area contributed by atoms with E-state index in [0.29, 0.717) is 0 Å². The first kappa shape index (κ1) is 32.6. The third-order valence-electron chi connectivity index (χ3n) is 11.1. The summed E-state index contributed by atoms with van der Waals surface area (Å²) in [5.41, 5.74) is 10.8. The zero-order valence-electron chi connectivity index (χ0n) is 30.6. The van der Waals surface area contributed by atoms with Gasteiger partial charge in [-0.05, 0) is 102 Å². The highest BCUT2D eigenvalue weighted by Gasteiger charge is 2.32. The molecule has 0 saturated carbocycles. The van der Waals surface area contributed by atoms with E-state index in [1.807, 2.05) is 0 Å². The lowest BCUT2D eigenvalue weighted by molar-refractivity contribution is 0.549.